The Morgan fingerprint density at radius 1 is 1.35 bits per heavy atom. The molecule has 0 saturated heterocycles. The fourth-order valence-corrected chi connectivity index (χ4v) is 1.70. The molecular weight excluding hydrogens is 214 g/mol. The molecule has 0 amide bonds. The third kappa shape index (κ3) is 2.36. The maximum absolute atomic E-state index is 11.7. The maximum atomic E-state index is 11.7. The Kier molecular flexibility index (Phi) is 2.95. The summed E-state index contributed by atoms with van der Waals surface area (Å²) in [6.07, 6.45) is 1.61. The van der Waals surface area contributed by atoms with E-state index in [1.807, 2.05) is 38.1 Å². The molecule has 2 aromatic rings. The van der Waals surface area contributed by atoms with E-state index in [1.165, 1.54) is 4.68 Å². The van der Waals surface area contributed by atoms with E-state index in [0.29, 0.717) is 5.56 Å². The average molecular weight is 229 g/mol. The molecule has 1 N–H and O–H groups in total. The molecule has 0 aliphatic heterocycles. The summed E-state index contributed by atoms with van der Waals surface area (Å²) in [5.41, 5.74) is 3.38. The van der Waals surface area contributed by atoms with Gasteiger partial charge in [-0.25, -0.2) is 0 Å². The maximum Gasteiger partial charge on any atom is 0.275 e. The third-order valence-electron chi connectivity index (χ3n) is 2.62. The van der Waals surface area contributed by atoms with E-state index in [-0.39, 0.29) is 5.56 Å². The van der Waals surface area contributed by atoms with Crippen LogP contribution in [-0.4, -0.2) is 16.0 Å². The highest BCUT2D eigenvalue weighted by Gasteiger charge is 2.05. The minimum Gasteiger partial charge on any atom is -0.300 e. The fraction of sp³-hybridized carbons (Fsp3) is 0.231. The number of benzene rings is 1. The van der Waals surface area contributed by atoms with Crippen molar-refractivity contribution < 1.29 is 0 Å². The van der Waals surface area contributed by atoms with Crippen LogP contribution < -0.4 is 5.56 Å². The number of nitrogens with one attached hydrogen (secondary N) is 1. The van der Waals surface area contributed by atoms with Crippen LogP contribution in [0.25, 0.3) is 0 Å². The number of aromatic amines is 1. The van der Waals surface area contributed by atoms with E-state index < -0.39 is 0 Å². The van der Waals surface area contributed by atoms with Crippen LogP contribution >= 0.6 is 0 Å². The van der Waals surface area contributed by atoms with Gasteiger partial charge in [-0.05, 0) is 31.5 Å². The highest BCUT2D eigenvalue weighted by atomic mass is 16.1. The molecule has 0 unspecified atom stereocenters. The Morgan fingerprint density at radius 2 is 2.12 bits per heavy atom. The highest BCUT2D eigenvalue weighted by Crippen LogP contribution is 2.13. The van der Waals surface area contributed by atoms with Gasteiger partial charge in [0.15, 0.2) is 0 Å². The number of hydrogen-bond acceptors (Lipinski definition) is 2. The largest absolute Gasteiger partial charge is 0.300 e. The van der Waals surface area contributed by atoms with Crippen LogP contribution in [0.1, 0.15) is 16.8 Å². The van der Waals surface area contributed by atoms with Crippen molar-refractivity contribution in [2.75, 3.05) is 0 Å². The molecular formula is C13H15N3O. The first-order chi connectivity index (χ1) is 8.08. The lowest BCUT2D eigenvalue weighted by atomic mass is 10.2. The van der Waals surface area contributed by atoms with Crippen molar-refractivity contribution in [3.8, 4) is 0 Å². The van der Waals surface area contributed by atoms with E-state index in [2.05, 4.69) is 10.1 Å². The van der Waals surface area contributed by atoms with Gasteiger partial charge in [0, 0.05) is 19.0 Å². The Hall–Kier alpha value is -2.10. The van der Waals surface area contributed by atoms with Crippen LogP contribution in [0, 0.1) is 13.8 Å². The average Bonchev–Trinajstić information content (AvgIpc) is 2.51. The van der Waals surface area contributed by atoms with E-state index in [1.54, 1.807) is 13.3 Å². The van der Waals surface area contributed by atoms with Crippen LogP contribution in [0.3, 0.4) is 0 Å². The van der Waals surface area contributed by atoms with E-state index >= 15 is 0 Å². The van der Waals surface area contributed by atoms with Crippen molar-refractivity contribution in [2.45, 2.75) is 13.8 Å². The van der Waals surface area contributed by atoms with Crippen molar-refractivity contribution in [3.63, 3.8) is 0 Å². The van der Waals surface area contributed by atoms with Gasteiger partial charge in [0.25, 0.3) is 5.56 Å². The minimum absolute atomic E-state index is 0.0566. The zero-order chi connectivity index (χ0) is 12.4. The number of aromatic nitrogens is 2. The SMILES string of the molecule is Cc1cccc(N=Cc2c(C)[nH]n(C)c2=O)c1. The molecule has 0 atom stereocenters. The monoisotopic (exact) mass is 229 g/mol. The zero-order valence-corrected chi connectivity index (χ0v) is 10.2. The summed E-state index contributed by atoms with van der Waals surface area (Å²) in [6, 6.07) is 7.85. The highest BCUT2D eigenvalue weighted by molar-refractivity contribution is 5.82. The summed E-state index contributed by atoms with van der Waals surface area (Å²) in [6.45, 7) is 3.87. The molecule has 0 radical (unpaired) electrons. The molecule has 1 heterocycles. The first-order valence-electron chi connectivity index (χ1n) is 5.44. The number of rotatable bonds is 2. The van der Waals surface area contributed by atoms with Crippen LogP contribution in [-0.2, 0) is 7.05 Å². The molecule has 2 rings (SSSR count). The van der Waals surface area contributed by atoms with Crippen molar-refractivity contribution in [1.82, 2.24) is 9.78 Å². The molecule has 0 aliphatic rings. The Balaban J connectivity index is 2.35. The summed E-state index contributed by atoms with van der Waals surface area (Å²) >= 11 is 0. The Labute approximate surface area is 99.6 Å². The predicted octanol–water partition coefficient (Wildman–Crippen LogP) is 2.08. The molecule has 0 saturated carbocycles. The summed E-state index contributed by atoms with van der Waals surface area (Å²) in [7, 11) is 1.69. The Bertz CT molecular complexity index is 620. The molecule has 88 valence electrons. The normalized spacial score (nSPS) is 11.2. The number of aliphatic imine (C=N–C) groups is 1. The molecule has 0 bridgehead atoms. The van der Waals surface area contributed by atoms with E-state index in [9.17, 15) is 4.79 Å². The second-order valence-corrected chi connectivity index (χ2v) is 4.11. The van der Waals surface area contributed by atoms with Gasteiger partial charge in [0.2, 0.25) is 0 Å². The van der Waals surface area contributed by atoms with E-state index in [4.69, 9.17) is 0 Å². The molecule has 4 heteroatoms. The fourth-order valence-electron chi connectivity index (χ4n) is 1.70. The number of aryl methyl sites for hydroxylation is 3. The quantitative estimate of drug-likeness (QED) is 0.787. The van der Waals surface area contributed by atoms with Gasteiger partial charge in [0.1, 0.15) is 0 Å². The molecule has 1 aromatic heterocycles. The summed E-state index contributed by atoms with van der Waals surface area (Å²) in [5, 5.41) is 2.94. The van der Waals surface area contributed by atoms with Gasteiger partial charge in [0.05, 0.1) is 11.3 Å². The van der Waals surface area contributed by atoms with Gasteiger partial charge in [-0.1, -0.05) is 12.1 Å². The molecule has 1 aromatic carbocycles. The molecule has 0 fully saturated rings. The number of H-pyrrole nitrogens is 1. The molecule has 0 aliphatic carbocycles. The standard InChI is InChI=1S/C13H15N3O/c1-9-5-4-6-11(7-9)14-8-12-10(2)15-16(3)13(12)17/h4-8,15H,1-3H3. The van der Waals surface area contributed by atoms with Crippen molar-refractivity contribution in [3.05, 3.63) is 51.4 Å². The lowest BCUT2D eigenvalue weighted by Gasteiger charge is -1.94. The lowest BCUT2D eigenvalue weighted by molar-refractivity contribution is 0.731. The van der Waals surface area contributed by atoms with Gasteiger partial charge < -0.3 is 0 Å². The van der Waals surface area contributed by atoms with Gasteiger partial charge in [-0.2, -0.15) is 0 Å². The molecule has 0 spiro atoms. The summed E-state index contributed by atoms with van der Waals surface area (Å²) in [5.74, 6) is 0. The first kappa shape index (κ1) is 11.4. The summed E-state index contributed by atoms with van der Waals surface area (Å²) in [4.78, 5) is 16.0. The van der Waals surface area contributed by atoms with E-state index in [0.717, 1.165) is 16.9 Å². The van der Waals surface area contributed by atoms with Crippen LogP contribution in [0.5, 0.6) is 0 Å². The van der Waals surface area contributed by atoms with Crippen LogP contribution in [0.2, 0.25) is 0 Å². The van der Waals surface area contributed by atoms with Gasteiger partial charge >= 0.3 is 0 Å². The zero-order valence-electron chi connectivity index (χ0n) is 10.2. The van der Waals surface area contributed by atoms with Gasteiger partial charge in [-0.3, -0.25) is 19.6 Å². The van der Waals surface area contributed by atoms with Crippen molar-refractivity contribution in [1.29, 1.82) is 0 Å². The number of nitrogens with zero attached hydrogens (tertiary/aromatic N) is 2. The predicted molar refractivity (Wildman–Crippen MR) is 69.2 cm³/mol. The second kappa shape index (κ2) is 4.41. The first-order valence-corrected chi connectivity index (χ1v) is 5.44. The third-order valence-corrected chi connectivity index (χ3v) is 2.62. The van der Waals surface area contributed by atoms with Crippen LogP contribution in [0.15, 0.2) is 34.1 Å². The lowest BCUT2D eigenvalue weighted by Crippen LogP contribution is -2.14. The van der Waals surface area contributed by atoms with Crippen LogP contribution in [0.4, 0.5) is 5.69 Å². The number of hydrogen-bond donors (Lipinski definition) is 1. The topological polar surface area (TPSA) is 50.1 Å². The summed E-state index contributed by atoms with van der Waals surface area (Å²) < 4.78 is 1.45. The molecule has 17 heavy (non-hydrogen) atoms. The minimum atomic E-state index is -0.0566. The Morgan fingerprint density at radius 3 is 2.71 bits per heavy atom. The second-order valence-electron chi connectivity index (χ2n) is 4.11. The smallest absolute Gasteiger partial charge is 0.275 e. The van der Waals surface area contributed by atoms with Gasteiger partial charge in [-0.15, -0.1) is 0 Å². The van der Waals surface area contributed by atoms with Crippen molar-refractivity contribution >= 4 is 11.9 Å². The van der Waals surface area contributed by atoms with Crippen molar-refractivity contribution in [2.24, 2.45) is 12.0 Å². The molecule has 4 nitrogen and oxygen atoms in total.